The van der Waals surface area contributed by atoms with Gasteiger partial charge in [-0.2, -0.15) is 0 Å². The van der Waals surface area contributed by atoms with Crippen molar-refractivity contribution < 1.29 is 14.3 Å². The van der Waals surface area contributed by atoms with Gasteiger partial charge < -0.3 is 10.1 Å². The van der Waals surface area contributed by atoms with Gasteiger partial charge in [0.1, 0.15) is 0 Å². The molecule has 1 atom stereocenters. The summed E-state index contributed by atoms with van der Waals surface area (Å²) in [7, 11) is 1.35. The maximum absolute atomic E-state index is 13.0. The first kappa shape index (κ1) is 18.0. The molecule has 0 saturated heterocycles. The van der Waals surface area contributed by atoms with Crippen molar-refractivity contribution >= 4 is 17.6 Å². The molecule has 4 nitrogen and oxygen atoms in total. The van der Waals surface area contributed by atoms with Crippen LogP contribution in [0.15, 0.2) is 84.9 Å². The molecule has 0 radical (unpaired) electrons. The fraction of sp³-hybridized carbons (Fsp3) is 0.167. The molecule has 1 aliphatic carbocycles. The molecule has 1 aliphatic rings. The van der Waals surface area contributed by atoms with E-state index < -0.39 is 5.97 Å². The van der Waals surface area contributed by atoms with E-state index in [2.05, 4.69) is 29.6 Å². The molecular formula is C24H21NO3. The Morgan fingerprint density at radius 1 is 0.857 bits per heavy atom. The molecule has 0 heterocycles. The Labute approximate surface area is 164 Å². The first-order chi connectivity index (χ1) is 13.6. The molecule has 1 amide bonds. The van der Waals surface area contributed by atoms with Crippen molar-refractivity contribution in [3.63, 3.8) is 0 Å². The Bertz CT molecular complexity index is 942. The summed E-state index contributed by atoms with van der Waals surface area (Å²) < 4.78 is 4.70. The van der Waals surface area contributed by atoms with Gasteiger partial charge in [-0.3, -0.25) is 4.79 Å². The summed E-state index contributed by atoms with van der Waals surface area (Å²) in [5.74, 6) is -0.552. The van der Waals surface area contributed by atoms with Gasteiger partial charge in [-0.05, 0) is 41.8 Å². The molecule has 140 valence electrons. The Balaban J connectivity index is 1.57. The Kier molecular flexibility index (Phi) is 4.70. The molecule has 4 rings (SSSR count). The van der Waals surface area contributed by atoms with Crippen molar-refractivity contribution in [2.45, 2.75) is 11.8 Å². The molecule has 0 unspecified atom stereocenters. The molecule has 1 fully saturated rings. The summed E-state index contributed by atoms with van der Waals surface area (Å²) in [6, 6.07) is 27.1. The van der Waals surface area contributed by atoms with Gasteiger partial charge in [0.15, 0.2) is 0 Å². The van der Waals surface area contributed by atoms with Gasteiger partial charge in [0.25, 0.3) is 0 Å². The average Bonchev–Trinajstić information content (AvgIpc) is 3.52. The monoisotopic (exact) mass is 371 g/mol. The third kappa shape index (κ3) is 3.18. The van der Waals surface area contributed by atoms with E-state index >= 15 is 0 Å². The second kappa shape index (κ2) is 7.31. The van der Waals surface area contributed by atoms with Gasteiger partial charge in [0.05, 0.1) is 18.6 Å². The highest BCUT2D eigenvalue weighted by Crippen LogP contribution is 2.59. The van der Waals surface area contributed by atoms with Crippen LogP contribution in [0.3, 0.4) is 0 Å². The lowest BCUT2D eigenvalue weighted by Crippen LogP contribution is -2.22. The zero-order chi connectivity index (χ0) is 19.6. The molecule has 0 aromatic heterocycles. The molecule has 1 N–H and O–H groups in total. The van der Waals surface area contributed by atoms with Crippen LogP contribution in [0.2, 0.25) is 0 Å². The summed E-state index contributed by atoms with van der Waals surface area (Å²) in [6.07, 6.45) is 0.771. The molecule has 0 aliphatic heterocycles. The van der Waals surface area contributed by atoms with Gasteiger partial charge in [0, 0.05) is 11.1 Å². The zero-order valence-corrected chi connectivity index (χ0v) is 15.6. The van der Waals surface area contributed by atoms with E-state index in [-0.39, 0.29) is 17.2 Å². The number of amides is 1. The van der Waals surface area contributed by atoms with E-state index in [9.17, 15) is 9.59 Å². The lowest BCUT2D eigenvalue weighted by molar-refractivity contribution is -0.117. The highest BCUT2D eigenvalue weighted by atomic mass is 16.5. The summed E-state index contributed by atoms with van der Waals surface area (Å²) in [6.45, 7) is 0. The summed E-state index contributed by atoms with van der Waals surface area (Å²) in [5, 5.41) is 2.99. The summed E-state index contributed by atoms with van der Waals surface area (Å²) >= 11 is 0. The molecular weight excluding hydrogens is 350 g/mol. The number of esters is 1. The van der Waals surface area contributed by atoms with Crippen LogP contribution in [0.4, 0.5) is 5.69 Å². The van der Waals surface area contributed by atoms with Crippen LogP contribution < -0.4 is 5.32 Å². The number of rotatable bonds is 5. The first-order valence-corrected chi connectivity index (χ1v) is 9.25. The van der Waals surface area contributed by atoms with Crippen molar-refractivity contribution in [1.29, 1.82) is 0 Å². The summed E-state index contributed by atoms with van der Waals surface area (Å²) in [5.41, 5.74) is 3.14. The van der Waals surface area contributed by atoms with E-state index in [1.54, 1.807) is 24.3 Å². The van der Waals surface area contributed by atoms with Gasteiger partial charge in [0.2, 0.25) is 5.91 Å². The normalized spacial score (nSPS) is 16.8. The largest absolute Gasteiger partial charge is 0.465 e. The lowest BCUT2D eigenvalue weighted by Gasteiger charge is -2.19. The van der Waals surface area contributed by atoms with Crippen molar-refractivity contribution in [3.8, 4) is 0 Å². The minimum atomic E-state index is -0.396. The highest BCUT2D eigenvalue weighted by molar-refractivity contribution is 5.97. The van der Waals surface area contributed by atoms with Crippen LogP contribution in [0, 0.1) is 5.92 Å². The van der Waals surface area contributed by atoms with Crippen LogP contribution in [0.1, 0.15) is 27.9 Å². The standard InChI is InChI=1S/C24H21NO3/c1-28-23(27)17-12-14-20(15-13-17)25-22(26)21-16-24(21,18-8-4-2-5-9-18)19-10-6-3-7-11-19/h2-15,21H,16H2,1H3,(H,25,26)/t21-/m0/s1. The van der Waals surface area contributed by atoms with Crippen LogP contribution in [0.25, 0.3) is 0 Å². The van der Waals surface area contributed by atoms with Crippen LogP contribution in [-0.4, -0.2) is 19.0 Å². The molecule has 0 bridgehead atoms. The second-order valence-electron chi connectivity index (χ2n) is 7.02. The van der Waals surface area contributed by atoms with Crippen LogP contribution in [-0.2, 0) is 14.9 Å². The topological polar surface area (TPSA) is 55.4 Å². The van der Waals surface area contributed by atoms with Crippen LogP contribution >= 0.6 is 0 Å². The zero-order valence-electron chi connectivity index (χ0n) is 15.6. The third-order valence-electron chi connectivity index (χ3n) is 5.43. The summed E-state index contributed by atoms with van der Waals surface area (Å²) in [4.78, 5) is 24.6. The molecule has 28 heavy (non-hydrogen) atoms. The lowest BCUT2D eigenvalue weighted by atomic mass is 9.85. The quantitative estimate of drug-likeness (QED) is 0.676. The number of nitrogens with one attached hydrogen (secondary N) is 1. The number of ether oxygens (including phenoxy) is 1. The predicted octanol–water partition coefficient (Wildman–Crippen LogP) is 4.42. The van der Waals surface area contributed by atoms with Crippen molar-refractivity contribution in [2.75, 3.05) is 12.4 Å². The third-order valence-corrected chi connectivity index (χ3v) is 5.43. The van der Waals surface area contributed by atoms with E-state index in [1.807, 2.05) is 36.4 Å². The van der Waals surface area contributed by atoms with E-state index in [1.165, 1.54) is 7.11 Å². The highest BCUT2D eigenvalue weighted by Gasteiger charge is 2.60. The van der Waals surface area contributed by atoms with Crippen molar-refractivity contribution in [2.24, 2.45) is 5.92 Å². The van der Waals surface area contributed by atoms with Crippen LogP contribution in [0.5, 0.6) is 0 Å². The average molecular weight is 371 g/mol. The van der Waals surface area contributed by atoms with E-state index in [0.29, 0.717) is 11.3 Å². The molecule has 4 heteroatoms. The minimum Gasteiger partial charge on any atom is -0.465 e. The molecule has 1 saturated carbocycles. The maximum Gasteiger partial charge on any atom is 0.337 e. The predicted molar refractivity (Wildman–Crippen MR) is 108 cm³/mol. The molecule has 0 spiro atoms. The van der Waals surface area contributed by atoms with Gasteiger partial charge in [-0.25, -0.2) is 4.79 Å². The van der Waals surface area contributed by atoms with Crippen molar-refractivity contribution in [1.82, 2.24) is 0 Å². The smallest absolute Gasteiger partial charge is 0.337 e. The van der Waals surface area contributed by atoms with E-state index in [0.717, 1.165) is 17.5 Å². The SMILES string of the molecule is COC(=O)c1ccc(NC(=O)[C@@H]2CC2(c2ccccc2)c2ccccc2)cc1. The Hall–Kier alpha value is -3.40. The Morgan fingerprint density at radius 3 is 1.89 bits per heavy atom. The minimum absolute atomic E-state index is 0.0153. The fourth-order valence-electron chi connectivity index (χ4n) is 3.89. The Morgan fingerprint density at radius 2 is 1.39 bits per heavy atom. The number of hydrogen-bond donors (Lipinski definition) is 1. The maximum atomic E-state index is 13.0. The first-order valence-electron chi connectivity index (χ1n) is 9.25. The molecule has 3 aromatic carbocycles. The van der Waals surface area contributed by atoms with E-state index in [4.69, 9.17) is 4.74 Å². The number of methoxy groups -OCH3 is 1. The van der Waals surface area contributed by atoms with Gasteiger partial charge in [-0.15, -0.1) is 0 Å². The number of carbonyl (C=O) groups is 2. The van der Waals surface area contributed by atoms with Gasteiger partial charge >= 0.3 is 5.97 Å². The fourth-order valence-corrected chi connectivity index (χ4v) is 3.89. The number of carbonyl (C=O) groups excluding carboxylic acids is 2. The number of benzene rings is 3. The number of anilines is 1. The number of hydrogen-bond acceptors (Lipinski definition) is 3. The second-order valence-corrected chi connectivity index (χ2v) is 7.02. The molecule has 3 aromatic rings. The van der Waals surface area contributed by atoms with Gasteiger partial charge in [-0.1, -0.05) is 60.7 Å². The van der Waals surface area contributed by atoms with Crippen molar-refractivity contribution in [3.05, 3.63) is 102 Å².